The van der Waals surface area contributed by atoms with Gasteiger partial charge in [-0.2, -0.15) is 0 Å². The molecule has 0 spiro atoms. The van der Waals surface area contributed by atoms with Crippen molar-refractivity contribution in [2.75, 3.05) is 43.8 Å². The van der Waals surface area contributed by atoms with Gasteiger partial charge in [0, 0.05) is 19.2 Å². The summed E-state index contributed by atoms with van der Waals surface area (Å²) in [5, 5.41) is 0. The Kier molecular flexibility index (Phi) is 7.44. The smallest absolute Gasteiger partial charge is 0.309 e. The molecule has 2 heterocycles. The number of carbonyl (C=O) groups excluding carboxylic acids is 2. The standard InChI is InChI=1S/C24H27FN2O7S/c1-2-32-24(29)17-8-10-26(11-9-17)23(28)16-27(19-5-3-4-18(25)14-19)35(30,31)20-6-7-21-22(15-20)34-13-12-33-21/h3-7,14-15,17H,2,8-13,16H2,1H3. The minimum atomic E-state index is -4.26. The number of nitrogens with zero attached hydrogens (tertiary/aromatic N) is 2. The van der Waals surface area contributed by atoms with Gasteiger partial charge in [-0.15, -0.1) is 0 Å². The molecule has 2 aromatic carbocycles. The molecule has 0 unspecified atom stereocenters. The summed E-state index contributed by atoms with van der Waals surface area (Å²) >= 11 is 0. The third kappa shape index (κ3) is 5.50. The zero-order chi connectivity index (χ0) is 25.0. The van der Waals surface area contributed by atoms with Crippen LogP contribution in [0, 0.1) is 11.7 Å². The molecule has 1 saturated heterocycles. The largest absolute Gasteiger partial charge is 0.486 e. The molecule has 0 aliphatic carbocycles. The molecule has 35 heavy (non-hydrogen) atoms. The lowest BCUT2D eigenvalue weighted by atomic mass is 9.97. The summed E-state index contributed by atoms with van der Waals surface area (Å²) < 4.78 is 58.2. The van der Waals surface area contributed by atoms with Crippen molar-refractivity contribution in [2.24, 2.45) is 5.92 Å². The molecule has 4 rings (SSSR count). The molecule has 2 aliphatic rings. The molecule has 2 aliphatic heterocycles. The Balaban J connectivity index is 1.57. The van der Waals surface area contributed by atoms with Gasteiger partial charge in [-0.05, 0) is 50.1 Å². The van der Waals surface area contributed by atoms with Crippen molar-refractivity contribution in [3.63, 3.8) is 0 Å². The van der Waals surface area contributed by atoms with E-state index in [0.717, 1.165) is 10.4 Å². The third-order valence-corrected chi connectivity index (χ3v) is 7.71. The van der Waals surface area contributed by atoms with Crippen molar-refractivity contribution in [3.05, 3.63) is 48.3 Å². The van der Waals surface area contributed by atoms with Crippen molar-refractivity contribution in [1.29, 1.82) is 0 Å². The first kappa shape index (κ1) is 24.8. The summed E-state index contributed by atoms with van der Waals surface area (Å²) in [6.45, 7) is 2.73. The normalized spacial score (nSPS) is 16.0. The first-order valence-corrected chi connectivity index (χ1v) is 12.9. The van der Waals surface area contributed by atoms with Crippen LogP contribution in [-0.4, -0.2) is 64.6 Å². The minimum absolute atomic E-state index is 0.0228. The van der Waals surface area contributed by atoms with Crippen LogP contribution in [0.5, 0.6) is 11.5 Å². The van der Waals surface area contributed by atoms with Gasteiger partial charge in [0.05, 0.1) is 23.1 Å². The zero-order valence-corrected chi connectivity index (χ0v) is 20.1. The van der Waals surface area contributed by atoms with E-state index in [4.69, 9.17) is 14.2 Å². The van der Waals surface area contributed by atoms with E-state index in [0.29, 0.717) is 38.3 Å². The quantitative estimate of drug-likeness (QED) is 0.532. The first-order valence-electron chi connectivity index (χ1n) is 11.4. The maximum Gasteiger partial charge on any atom is 0.309 e. The number of esters is 1. The predicted molar refractivity (Wildman–Crippen MR) is 124 cm³/mol. The SMILES string of the molecule is CCOC(=O)C1CCN(C(=O)CN(c2cccc(F)c2)S(=O)(=O)c2ccc3c(c2)OCCO3)CC1. The Morgan fingerprint density at radius 2 is 1.80 bits per heavy atom. The molecular formula is C24H27FN2O7S. The molecule has 0 aromatic heterocycles. The molecule has 188 valence electrons. The average molecular weight is 507 g/mol. The first-order chi connectivity index (χ1) is 16.8. The maximum atomic E-state index is 14.0. The number of fused-ring (bicyclic) bond motifs is 1. The van der Waals surface area contributed by atoms with Crippen LogP contribution >= 0.6 is 0 Å². The summed E-state index contributed by atoms with van der Waals surface area (Å²) in [6, 6.07) is 9.27. The number of halogens is 1. The van der Waals surface area contributed by atoms with Gasteiger partial charge >= 0.3 is 5.97 Å². The molecule has 0 bridgehead atoms. The van der Waals surface area contributed by atoms with Crippen molar-refractivity contribution in [3.8, 4) is 11.5 Å². The van der Waals surface area contributed by atoms with Crippen molar-refractivity contribution >= 4 is 27.6 Å². The van der Waals surface area contributed by atoms with Crippen LogP contribution in [0.15, 0.2) is 47.4 Å². The monoisotopic (exact) mass is 506 g/mol. The van der Waals surface area contributed by atoms with Crippen molar-refractivity contribution in [1.82, 2.24) is 4.90 Å². The van der Waals surface area contributed by atoms with E-state index >= 15 is 0 Å². The molecule has 11 heteroatoms. The molecule has 0 saturated carbocycles. The molecule has 2 aromatic rings. The lowest BCUT2D eigenvalue weighted by Gasteiger charge is -2.33. The number of benzene rings is 2. The van der Waals surface area contributed by atoms with Crippen molar-refractivity contribution < 1.29 is 36.6 Å². The van der Waals surface area contributed by atoms with Crippen molar-refractivity contribution in [2.45, 2.75) is 24.7 Å². The summed E-state index contributed by atoms with van der Waals surface area (Å²) in [5.74, 6) is -0.955. The van der Waals surface area contributed by atoms with Crippen LogP contribution in [0.2, 0.25) is 0 Å². The second-order valence-electron chi connectivity index (χ2n) is 8.20. The van der Waals surface area contributed by atoms with Gasteiger partial charge < -0.3 is 19.1 Å². The molecule has 0 atom stereocenters. The van der Waals surface area contributed by atoms with Crippen LogP contribution < -0.4 is 13.8 Å². The van der Waals surface area contributed by atoms with Crippen LogP contribution in [0.3, 0.4) is 0 Å². The summed E-state index contributed by atoms with van der Waals surface area (Å²) in [6.07, 6.45) is 0.860. The van der Waals surface area contributed by atoms with E-state index in [1.165, 1.54) is 41.3 Å². The Labute approximate surface area is 203 Å². The highest BCUT2D eigenvalue weighted by molar-refractivity contribution is 7.92. The third-order valence-electron chi connectivity index (χ3n) is 5.94. The predicted octanol–water partition coefficient (Wildman–Crippen LogP) is 2.59. The number of hydrogen-bond donors (Lipinski definition) is 0. The van der Waals surface area contributed by atoms with Gasteiger partial charge in [0.2, 0.25) is 5.91 Å². The van der Waals surface area contributed by atoms with Gasteiger partial charge in [0.1, 0.15) is 25.6 Å². The Morgan fingerprint density at radius 1 is 1.09 bits per heavy atom. The second kappa shape index (κ2) is 10.5. The molecule has 1 fully saturated rings. The van der Waals surface area contributed by atoms with Crippen LogP contribution in [0.25, 0.3) is 0 Å². The molecule has 1 amide bonds. The number of anilines is 1. The van der Waals surface area contributed by atoms with Gasteiger partial charge in [0.25, 0.3) is 10.0 Å². The Bertz CT molecular complexity index is 1200. The van der Waals surface area contributed by atoms with E-state index in [2.05, 4.69) is 0 Å². The molecule has 0 radical (unpaired) electrons. The Hall–Kier alpha value is -3.34. The highest BCUT2D eigenvalue weighted by atomic mass is 32.2. The molecule has 0 N–H and O–H groups in total. The average Bonchev–Trinajstić information content (AvgIpc) is 2.87. The number of amides is 1. The Morgan fingerprint density at radius 3 is 2.49 bits per heavy atom. The summed E-state index contributed by atoms with van der Waals surface area (Å²) in [4.78, 5) is 26.5. The molecule has 9 nitrogen and oxygen atoms in total. The number of ether oxygens (including phenoxy) is 3. The van der Waals surface area contributed by atoms with Crippen LogP contribution in [0.1, 0.15) is 19.8 Å². The number of piperidine rings is 1. The van der Waals surface area contributed by atoms with Crippen LogP contribution in [0.4, 0.5) is 10.1 Å². The van der Waals surface area contributed by atoms with E-state index < -0.39 is 28.3 Å². The fraction of sp³-hybridized carbons (Fsp3) is 0.417. The maximum absolute atomic E-state index is 14.0. The lowest BCUT2D eigenvalue weighted by molar-refractivity contribution is -0.151. The highest BCUT2D eigenvalue weighted by Crippen LogP contribution is 2.34. The fourth-order valence-electron chi connectivity index (χ4n) is 4.11. The van der Waals surface area contributed by atoms with Gasteiger partial charge in [-0.3, -0.25) is 13.9 Å². The number of carbonyl (C=O) groups is 2. The van der Waals surface area contributed by atoms with E-state index in [-0.39, 0.29) is 41.4 Å². The minimum Gasteiger partial charge on any atom is -0.486 e. The van der Waals surface area contributed by atoms with E-state index in [1.54, 1.807) is 6.92 Å². The topological polar surface area (TPSA) is 102 Å². The summed E-state index contributed by atoms with van der Waals surface area (Å²) in [7, 11) is -4.26. The van der Waals surface area contributed by atoms with E-state index in [9.17, 15) is 22.4 Å². The van der Waals surface area contributed by atoms with Crippen LogP contribution in [-0.2, 0) is 24.3 Å². The lowest BCUT2D eigenvalue weighted by Crippen LogP contribution is -2.46. The molecular weight excluding hydrogens is 479 g/mol. The number of hydrogen-bond acceptors (Lipinski definition) is 7. The van der Waals surface area contributed by atoms with Gasteiger partial charge in [-0.25, -0.2) is 12.8 Å². The van der Waals surface area contributed by atoms with Gasteiger partial charge in [0.15, 0.2) is 11.5 Å². The number of sulfonamides is 1. The zero-order valence-electron chi connectivity index (χ0n) is 19.3. The number of rotatable bonds is 7. The second-order valence-corrected chi connectivity index (χ2v) is 10.1. The van der Waals surface area contributed by atoms with E-state index in [1.807, 2.05) is 0 Å². The highest BCUT2D eigenvalue weighted by Gasteiger charge is 2.33. The summed E-state index contributed by atoms with van der Waals surface area (Å²) in [5.41, 5.74) is 0.0228. The van der Waals surface area contributed by atoms with Gasteiger partial charge in [-0.1, -0.05) is 6.07 Å². The number of likely N-dealkylation sites (tertiary alicyclic amines) is 1. The fourth-order valence-corrected chi connectivity index (χ4v) is 5.53.